The molecule has 0 aliphatic carbocycles. The van der Waals surface area contributed by atoms with Gasteiger partial charge in [0.15, 0.2) is 58.0 Å². The fraction of sp³-hybridized carbons (Fsp3) is 0.926. The van der Waals surface area contributed by atoms with Crippen molar-refractivity contribution in [3.8, 4) is 0 Å². The summed E-state index contributed by atoms with van der Waals surface area (Å²) in [6, 6.07) is -5.64. The molecule has 20 atom stereocenters. The SMILES string of the molecule is CCCO[C@H]1OC(C(=O)[O-])[C@H](O[C@@H]2O[C@H](COS(=O)(=O)[O-])[C@H](O[C@H]3O[C@@H](C(=O)[O-])[C@H](O[C@@H]4O[C@@H](COS(=O)(=O)[O-])[C@H](O)[C@H](O)[C@H]4NS(=O)(=O)[O-])[C@@H](O)[C@@H]3OS(=O)(=O)[O-])C(O)[C@@H]2NS(=O)(=O)[O-])[C@@H](O)[C@@H]1OS(=O)(=O)[O-].[Na+].[Na+].[Na+].[Na+].[Na+].[Na+].[Na+].[Na+]. The molecule has 0 aromatic carbocycles. The second kappa shape index (κ2) is 40.3. The Morgan fingerprint density at radius 2 is 0.780 bits per heavy atom. The fourth-order valence-corrected chi connectivity index (χ4v) is 9.89. The average molecular weight is 1390 g/mol. The molecule has 41 nitrogen and oxygen atoms in total. The summed E-state index contributed by atoms with van der Waals surface area (Å²) in [7, 11) is -35.9. The molecule has 4 fully saturated rings. The van der Waals surface area contributed by atoms with E-state index >= 15 is 0 Å². The molecule has 0 bridgehead atoms. The van der Waals surface area contributed by atoms with Crippen molar-refractivity contribution < 1.29 is 414 Å². The van der Waals surface area contributed by atoms with Crippen LogP contribution in [0, 0.1) is 0 Å². The monoisotopic (exact) mass is 1390 g/mol. The smallest absolute Gasteiger partial charge is 0.735 e. The van der Waals surface area contributed by atoms with Crippen LogP contribution in [0.1, 0.15) is 13.3 Å². The average Bonchev–Trinajstić information content (AvgIpc) is 3.22. The largest absolute Gasteiger partial charge is 1.00 e. The predicted octanol–water partition coefficient (Wildman–Crippen LogP) is -38.7. The van der Waals surface area contributed by atoms with E-state index in [0.29, 0.717) is 0 Å². The van der Waals surface area contributed by atoms with E-state index in [0.717, 1.165) is 9.44 Å². The van der Waals surface area contributed by atoms with Crippen LogP contribution in [0.3, 0.4) is 0 Å². The summed E-state index contributed by atoms with van der Waals surface area (Å²) in [6.07, 6.45) is -51.4. The van der Waals surface area contributed by atoms with Crippen molar-refractivity contribution in [1.82, 2.24) is 9.44 Å². The van der Waals surface area contributed by atoms with Gasteiger partial charge in [0.1, 0.15) is 85.3 Å². The van der Waals surface area contributed by atoms with Crippen LogP contribution < -0.4 is 256 Å². The van der Waals surface area contributed by atoms with Crippen LogP contribution in [0.25, 0.3) is 0 Å². The van der Waals surface area contributed by atoms with Crippen LogP contribution in [0.4, 0.5) is 0 Å². The molecule has 0 spiro atoms. The quantitative estimate of drug-likeness (QED) is 0.0253. The minimum atomic E-state index is -6.35. The molecule has 55 heteroatoms. The van der Waals surface area contributed by atoms with Crippen molar-refractivity contribution in [2.24, 2.45) is 0 Å². The zero-order valence-corrected chi connectivity index (χ0v) is 64.8. The van der Waals surface area contributed by atoms with E-state index in [1.165, 1.54) is 6.92 Å². The number of aliphatic carboxylic acids is 2. The minimum Gasteiger partial charge on any atom is -0.735 e. The second-order valence-corrected chi connectivity index (χ2v) is 21.6. The van der Waals surface area contributed by atoms with Gasteiger partial charge < -0.3 is 111 Å². The Morgan fingerprint density at radius 1 is 0.439 bits per heavy atom. The van der Waals surface area contributed by atoms with Crippen LogP contribution in [0.2, 0.25) is 0 Å². The summed E-state index contributed by atoms with van der Waals surface area (Å²) in [6.45, 7) is -2.47. The number of rotatable bonds is 25. The summed E-state index contributed by atoms with van der Waals surface area (Å²) >= 11 is 0. The number of aliphatic hydroxyl groups excluding tert-OH is 5. The molecule has 4 aliphatic heterocycles. The molecule has 0 amide bonds. The molecule has 4 heterocycles. The number of carbonyl (C=O) groups excluding carboxylic acids is 2. The molecule has 0 saturated carbocycles. The number of hydrogen-bond donors (Lipinski definition) is 7. The van der Waals surface area contributed by atoms with Gasteiger partial charge in [-0.2, -0.15) is 0 Å². The Hall–Kier alpha value is 5.64. The third-order valence-electron chi connectivity index (χ3n) is 10.0. The van der Waals surface area contributed by atoms with Gasteiger partial charge in [-0.15, -0.1) is 0 Å². The standard InChI is InChI=1S/C27H46N2O39S6.8Na/c1-2-3-57-26-18(67-73(51,52)53)13(33)16(20(65-26)22(35)36)64-25-9(29-70(42,43)44)12(32)15(7(61-25)5-59-72(48,49)50)62-27-19(68-74(54,55)56)14(34)17(21(66-27)23(37)38)63-24-8(28-69(39,40)41)11(31)10(30)6(60-24)4-58-71(45,46)47;;;;;;;;/h6-21,24-34H,2-5H2,1H3,(H,35,36)(H,37,38)(H,39,40,41)(H,42,43,44)(H,45,46,47)(H,48,49,50)(H,51,52,53)(H,54,55,56);;;;;;;;/q;8*+1/p-8/t6-,7+,8+,9-,10-,11+,12?,13+,14+,15-,16+,17+,18-,19-,20?,21+,24-,25-,26-,27-;;;;;;;;/m0......../s1. The number of carboxylic acids is 2. The van der Waals surface area contributed by atoms with Crippen LogP contribution in [-0.4, -0.2) is 258 Å². The number of carboxylic acid groups (broad SMARTS) is 2. The van der Waals surface area contributed by atoms with Gasteiger partial charge in [0, 0.05) is 6.61 Å². The van der Waals surface area contributed by atoms with Gasteiger partial charge in [-0.25, -0.2) is 60.0 Å². The van der Waals surface area contributed by atoms with Crippen molar-refractivity contribution in [3.05, 3.63) is 0 Å². The summed E-state index contributed by atoms with van der Waals surface area (Å²) < 4.78 is 270. The first kappa shape index (κ1) is 96.3. The Morgan fingerprint density at radius 3 is 1.13 bits per heavy atom. The minimum absolute atomic E-state index is 0. The van der Waals surface area contributed by atoms with Crippen molar-refractivity contribution >= 4 is 74.1 Å². The number of carbonyl (C=O) groups is 2. The molecule has 4 aliphatic rings. The van der Waals surface area contributed by atoms with E-state index in [-0.39, 0.29) is 243 Å². The summed E-state index contributed by atoms with van der Waals surface area (Å²) in [5, 5.41) is 80.0. The Kier molecular flexibility index (Phi) is 47.3. The van der Waals surface area contributed by atoms with Crippen LogP contribution >= 0.6 is 0 Å². The number of nitrogens with one attached hydrogen (secondary N) is 2. The van der Waals surface area contributed by atoms with Gasteiger partial charge in [0.05, 0.1) is 25.2 Å². The molecule has 0 aromatic rings. The molecule has 7 N–H and O–H groups in total. The third-order valence-corrected chi connectivity index (χ3v) is 12.9. The van der Waals surface area contributed by atoms with Gasteiger partial charge >= 0.3 is 236 Å². The summed E-state index contributed by atoms with van der Waals surface area (Å²) in [4.78, 5) is 24.8. The summed E-state index contributed by atoms with van der Waals surface area (Å²) in [5.41, 5.74) is 0. The van der Waals surface area contributed by atoms with E-state index in [1.54, 1.807) is 0 Å². The third kappa shape index (κ3) is 30.6. The van der Waals surface area contributed by atoms with Crippen LogP contribution in [0.15, 0.2) is 0 Å². The first-order valence-corrected chi connectivity index (χ1v) is 27.7. The van der Waals surface area contributed by atoms with E-state index in [4.69, 9.17) is 37.9 Å². The van der Waals surface area contributed by atoms with Crippen molar-refractivity contribution in [1.29, 1.82) is 0 Å². The van der Waals surface area contributed by atoms with Gasteiger partial charge in [-0.05, 0) is 6.42 Å². The zero-order valence-electron chi connectivity index (χ0n) is 43.9. The molecule has 82 heavy (non-hydrogen) atoms. The molecule has 434 valence electrons. The maximum atomic E-state index is 12.6. The number of hydrogen-bond acceptors (Lipinski definition) is 39. The maximum Gasteiger partial charge on any atom is 1.00 e. The Balaban J connectivity index is -0.00000247. The zero-order chi connectivity index (χ0) is 56.4. The molecule has 0 aromatic heterocycles. The van der Waals surface area contributed by atoms with Gasteiger partial charge in [0.2, 0.25) is 41.6 Å². The van der Waals surface area contributed by atoms with Gasteiger partial charge in [0.25, 0.3) is 0 Å². The number of aliphatic hydroxyl groups is 5. The molecule has 4 saturated heterocycles. The van der Waals surface area contributed by atoms with E-state index in [1.807, 2.05) is 0 Å². The predicted molar refractivity (Wildman–Crippen MR) is 199 cm³/mol. The van der Waals surface area contributed by atoms with E-state index < -0.39 is 217 Å². The molecular formula is C27H38N2Na8O39S6. The van der Waals surface area contributed by atoms with Crippen molar-refractivity contribution in [2.45, 2.75) is 136 Å². The summed E-state index contributed by atoms with van der Waals surface area (Å²) in [5.74, 6) is -5.08. The Labute approximate surface area is 643 Å². The molecule has 0 radical (unpaired) electrons. The second-order valence-electron chi connectivity index (χ2n) is 15.2. The van der Waals surface area contributed by atoms with Crippen molar-refractivity contribution in [3.63, 3.8) is 0 Å². The first-order chi connectivity index (χ1) is 33.6. The topological polar surface area (TPSA) is 659 Å². The van der Waals surface area contributed by atoms with E-state index in [9.17, 15) is 123 Å². The molecular weight excluding hydrogens is 1350 g/mol. The van der Waals surface area contributed by atoms with Crippen molar-refractivity contribution in [2.75, 3.05) is 19.8 Å². The fourth-order valence-electron chi connectivity index (χ4n) is 7.16. The van der Waals surface area contributed by atoms with Crippen LogP contribution in [0.5, 0.6) is 0 Å². The molecule has 2 unspecified atom stereocenters. The normalized spacial score (nSPS) is 34.3. The van der Waals surface area contributed by atoms with Gasteiger partial charge in [-0.3, -0.25) is 16.7 Å². The maximum absolute atomic E-state index is 12.6. The van der Waals surface area contributed by atoms with Gasteiger partial charge in [-0.1, -0.05) is 6.92 Å². The Bertz CT molecular complexity index is 2670. The molecule has 4 rings (SSSR count). The first-order valence-electron chi connectivity index (χ1n) is 19.6. The van der Waals surface area contributed by atoms with E-state index in [2.05, 4.69) is 16.7 Å². The van der Waals surface area contributed by atoms with Crippen LogP contribution in [-0.2, 0) is 126 Å². The number of ether oxygens (including phenoxy) is 8.